The lowest BCUT2D eigenvalue weighted by molar-refractivity contribution is -0.146. The predicted octanol–water partition coefficient (Wildman–Crippen LogP) is 1.67. The van der Waals surface area contributed by atoms with E-state index in [-0.39, 0.29) is 0 Å². The van der Waals surface area contributed by atoms with Gasteiger partial charge in [-0.1, -0.05) is 6.08 Å². The van der Waals surface area contributed by atoms with Crippen LogP contribution in [0.4, 0.5) is 0 Å². The summed E-state index contributed by atoms with van der Waals surface area (Å²) in [6.07, 6.45) is 1.72. The Morgan fingerprint density at radius 2 is 2.00 bits per heavy atom. The highest BCUT2D eigenvalue weighted by Crippen LogP contribution is 2.13. The molecule has 5 nitrogen and oxygen atoms in total. The van der Waals surface area contributed by atoms with E-state index in [1.54, 1.807) is 13.0 Å². The van der Waals surface area contributed by atoms with Crippen LogP contribution in [0, 0.1) is 0 Å². The van der Waals surface area contributed by atoms with Gasteiger partial charge in [0, 0.05) is 5.56 Å². The average molecular weight is 263 g/mol. The summed E-state index contributed by atoms with van der Waals surface area (Å²) in [6, 6.07) is 6.01. The third-order valence-corrected chi connectivity index (χ3v) is 2.38. The lowest BCUT2D eigenvalue weighted by atomic mass is 10.2. The van der Waals surface area contributed by atoms with Crippen LogP contribution in [0.15, 0.2) is 36.9 Å². The zero-order valence-electron chi connectivity index (χ0n) is 10.8. The van der Waals surface area contributed by atoms with Crippen molar-refractivity contribution in [1.82, 2.24) is 0 Å². The van der Waals surface area contributed by atoms with E-state index in [9.17, 15) is 9.59 Å². The number of carbonyl (C=O) groups is 2. The molecule has 0 saturated carbocycles. The zero-order chi connectivity index (χ0) is 14.3. The summed E-state index contributed by atoms with van der Waals surface area (Å²) in [5.41, 5.74) is 5.46. The highest BCUT2D eigenvalue weighted by atomic mass is 16.6. The molecule has 0 bridgehead atoms. The number of benzene rings is 1. The van der Waals surface area contributed by atoms with Gasteiger partial charge in [0.1, 0.15) is 5.75 Å². The van der Waals surface area contributed by atoms with Gasteiger partial charge >= 0.3 is 5.97 Å². The Morgan fingerprint density at radius 3 is 2.53 bits per heavy atom. The van der Waals surface area contributed by atoms with Crippen LogP contribution in [-0.2, 0) is 9.53 Å². The monoisotopic (exact) mass is 263 g/mol. The van der Waals surface area contributed by atoms with E-state index < -0.39 is 18.0 Å². The van der Waals surface area contributed by atoms with E-state index in [4.69, 9.17) is 15.2 Å². The Morgan fingerprint density at radius 1 is 1.37 bits per heavy atom. The van der Waals surface area contributed by atoms with E-state index in [0.29, 0.717) is 24.3 Å². The van der Waals surface area contributed by atoms with Crippen LogP contribution in [0.25, 0.3) is 0 Å². The van der Waals surface area contributed by atoms with Gasteiger partial charge < -0.3 is 15.2 Å². The Kier molecular flexibility index (Phi) is 5.75. The molecule has 0 aliphatic carbocycles. The fourth-order valence-electron chi connectivity index (χ4n) is 1.28. The first kappa shape index (κ1) is 14.9. The van der Waals surface area contributed by atoms with Gasteiger partial charge in [-0.05, 0) is 37.6 Å². The topological polar surface area (TPSA) is 78.6 Å². The Bertz CT molecular complexity index is 453. The normalized spacial score (nSPS) is 11.6. The molecule has 1 unspecified atom stereocenters. The number of amides is 1. The van der Waals surface area contributed by atoms with Gasteiger partial charge in [-0.25, -0.2) is 4.79 Å². The maximum atomic E-state index is 11.7. The third kappa shape index (κ3) is 4.93. The van der Waals surface area contributed by atoms with Crippen molar-refractivity contribution in [2.75, 3.05) is 6.61 Å². The number of hydrogen-bond acceptors (Lipinski definition) is 4. The van der Waals surface area contributed by atoms with E-state index >= 15 is 0 Å². The molecule has 5 heteroatoms. The summed E-state index contributed by atoms with van der Waals surface area (Å²) in [5, 5.41) is 0. The van der Waals surface area contributed by atoms with Crippen molar-refractivity contribution >= 4 is 11.9 Å². The molecular weight excluding hydrogens is 246 g/mol. The minimum absolute atomic E-state index is 0.342. The van der Waals surface area contributed by atoms with Crippen molar-refractivity contribution in [1.29, 1.82) is 0 Å². The summed E-state index contributed by atoms with van der Waals surface area (Å²) < 4.78 is 10.4. The number of primary amides is 1. The largest absolute Gasteiger partial charge is 0.425 e. The molecule has 0 aromatic heterocycles. The molecule has 0 fully saturated rings. The van der Waals surface area contributed by atoms with Gasteiger partial charge in [-0.3, -0.25) is 4.79 Å². The number of esters is 1. The smallest absolute Gasteiger partial charge is 0.340 e. The van der Waals surface area contributed by atoms with Crippen molar-refractivity contribution in [3.63, 3.8) is 0 Å². The van der Waals surface area contributed by atoms with Crippen LogP contribution in [0.5, 0.6) is 5.75 Å². The molecule has 19 heavy (non-hydrogen) atoms. The van der Waals surface area contributed by atoms with Gasteiger partial charge in [0.15, 0.2) is 6.10 Å². The molecule has 1 amide bonds. The molecule has 1 atom stereocenters. The van der Waals surface area contributed by atoms with Crippen LogP contribution >= 0.6 is 0 Å². The molecule has 0 saturated heterocycles. The number of hydrogen-bond donors (Lipinski definition) is 1. The van der Waals surface area contributed by atoms with Gasteiger partial charge in [0.2, 0.25) is 5.91 Å². The van der Waals surface area contributed by atoms with Gasteiger partial charge in [-0.2, -0.15) is 0 Å². The molecule has 2 N–H and O–H groups in total. The van der Waals surface area contributed by atoms with Gasteiger partial charge in [-0.15, -0.1) is 6.58 Å². The van der Waals surface area contributed by atoms with E-state index in [1.165, 1.54) is 24.3 Å². The van der Waals surface area contributed by atoms with Crippen LogP contribution in [0.1, 0.15) is 23.7 Å². The first-order chi connectivity index (χ1) is 9.04. The van der Waals surface area contributed by atoms with E-state index in [2.05, 4.69) is 6.58 Å². The minimum atomic E-state index is -0.657. The fraction of sp³-hybridized carbons (Fsp3) is 0.286. The van der Waals surface area contributed by atoms with Crippen molar-refractivity contribution in [2.24, 2.45) is 5.73 Å². The molecule has 0 radical (unpaired) electrons. The quantitative estimate of drug-likeness (QED) is 0.351. The molecule has 1 rings (SSSR count). The number of rotatable bonds is 7. The molecule has 0 aliphatic rings. The van der Waals surface area contributed by atoms with Crippen molar-refractivity contribution in [3.8, 4) is 5.75 Å². The second-order valence-electron chi connectivity index (χ2n) is 3.90. The number of nitrogens with two attached hydrogens (primary N) is 1. The minimum Gasteiger partial charge on any atom is -0.425 e. The molecule has 102 valence electrons. The standard InChI is InChI=1S/C14H17NO4/c1-3-4-9-18-10(2)14(17)19-12-7-5-11(6-8-12)13(15)16/h3,5-8,10H,1,4,9H2,2H3,(H2,15,16). The summed E-state index contributed by atoms with van der Waals surface area (Å²) in [6.45, 7) is 5.59. The molecular formula is C14H17NO4. The Balaban J connectivity index is 2.51. The van der Waals surface area contributed by atoms with Gasteiger partial charge in [0.25, 0.3) is 0 Å². The summed E-state index contributed by atoms with van der Waals surface area (Å²) >= 11 is 0. The maximum Gasteiger partial charge on any atom is 0.340 e. The lowest BCUT2D eigenvalue weighted by Crippen LogP contribution is -2.26. The zero-order valence-corrected chi connectivity index (χ0v) is 10.8. The molecule has 0 heterocycles. The molecule has 0 aliphatic heterocycles. The number of ether oxygens (including phenoxy) is 2. The maximum absolute atomic E-state index is 11.7. The first-order valence-corrected chi connectivity index (χ1v) is 5.88. The first-order valence-electron chi connectivity index (χ1n) is 5.88. The van der Waals surface area contributed by atoms with E-state index in [1.807, 2.05) is 0 Å². The summed E-state index contributed by atoms with van der Waals surface area (Å²) in [5.74, 6) is -0.677. The molecule has 1 aromatic carbocycles. The van der Waals surface area contributed by atoms with Crippen molar-refractivity contribution in [2.45, 2.75) is 19.4 Å². The highest BCUT2D eigenvalue weighted by Gasteiger charge is 2.15. The summed E-state index contributed by atoms with van der Waals surface area (Å²) in [4.78, 5) is 22.5. The SMILES string of the molecule is C=CCCOC(C)C(=O)Oc1ccc(C(N)=O)cc1. The highest BCUT2D eigenvalue weighted by molar-refractivity contribution is 5.92. The lowest BCUT2D eigenvalue weighted by Gasteiger charge is -2.11. The summed E-state index contributed by atoms with van der Waals surface area (Å²) in [7, 11) is 0. The Labute approximate surface area is 112 Å². The second-order valence-corrected chi connectivity index (χ2v) is 3.90. The molecule has 1 aromatic rings. The van der Waals surface area contributed by atoms with Crippen molar-refractivity contribution < 1.29 is 19.1 Å². The molecule has 0 spiro atoms. The van der Waals surface area contributed by atoms with Crippen LogP contribution in [-0.4, -0.2) is 24.6 Å². The van der Waals surface area contributed by atoms with Crippen LogP contribution in [0.3, 0.4) is 0 Å². The van der Waals surface area contributed by atoms with Gasteiger partial charge in [0.05, 0.1) is 6.61 Å². The third-order valence-electron chi connectivity index (χ3n) is 2.38. The van der Waals surface area contributed by atoms with Crippen LogP contribution in [0.2, 0.25) is 0 Å². The van der Waals surface area contributed by atoms with Crippen LogP contribution < -0.4 is 10.5 Å². The number of carbonyl (C=O) groups excluding carboxylic acids is 2. The average Bonchev–Trinajstić information content (AvgIpc) is 2.39. The Hall–Kier alpha value is -2.14. The van der Waals surface area contributed by atoms with Crippen molar-refractivity contribution in [3.05, 3.63) is 42.5 Å². The second kappa shape index (κ2) is 7.33. The predicted molar refractivity (Wildman–Crippen MR) is 70.8 cm³/mol. The fourth-order valence-corrected chi connectivity index (χ4v) is 1.28. The van der Waals surface area contributed by atoms with E-state index in [0.717, 1.165) is 0 Å².